The van der Waals surface area contributed by atoms with Gasteiger partial charge in [0.2, 0.25) is 5.91 Å². The highest BCUT2D eigenvalue weighted by Gasteiger charge is 2.45. The van der Waals surface area contributed by atoms with E-state index in [1.54, 1.807) is 0 Å². The van der Waals surface area contributed by atoms with Crippen molar-refractivity contribution in [3.8, 4) is 0 Å². The van der Waals surface area contributed by atoms with E-state index >= 15 is 0 Å². The molecule has 1 aromatic heterocycles. The third kappa shape index (κ3) is 4.93. The van der Waals surface area contributed by atoms with Crippen LogP contribution in [0.4, 0.5) is 5.82 Å². The summed E-state index contributed by atoms with van der Waals surface area (Å²) < 4.78 is 11.6. The van der Waals surface area contributed by atoms with Crippen LogP contribution in [-0.2, 0) is 19.1 Å². The van der Waals surface area contributed by atoms with E-state index in [1.165, 1.54) is 19.2 Å². The first-order valence-electron chi connectivity index (χ1n) is 8.96. The van der Waals surface area contributed by atoms with Crippen LogP contribution in [0.5, 0.6) is 0 Å². The molecule has 0 spiro atoms. The standard InChI is InChI=1S/C17H26N4O7/c1-4-8(2)12(18)16(25)27-7-10-13(23)14(24)15(28-10)21-6-5-11(19-9(3)22)20-17(21)26/h5-6,8,10,12-15,23-24H,4,7,18H2,1-3H3,(H,19,20,22,26)/t8-,10+,12-,13+,14+,15+/m0/s1. The average Bonchev–Trinajstić information content (AvgIpc) is 2.92. The molecule has 5 N–H and O–H groups in total. The number of carbonyl (C=O) groups excluding carboxylic acids is 2. The third-order valence-corrected chi connectivity index (χ3v) is 4.66. The lowest BCUT2D eigenvalue weighted by molar-refractivity contribution is -0.153. The summed E-state index contributed by atoms with van der Waals surface area (Å²) in [6, 6.07) is 0.543. The summed E-state index contributed by atoms with van der Waals surface area (Å²) in [5, 5.41) is 22.8. The van der Waals surface area contributed by atoms with E-state index in [2.05, 4.69) is 10.3 Å². The molecule has 1 aromatic rings. The molecular formula is C17H26N4O7. The average molecular weight is 398 g/mol. The second kappa shape index (κ2) is 9.24. The van der Waals surface area contributed by atoms with Crippen molar-refractivity contribution in [2.45, 2.75) is 57.8 Å². The van der Waals surface area contributed by atoms with Crippen molar-refractivity contribution < 1.29 is 29.3 Å². The Morgan fingerprint density at radius 2 is 2.11 bits per heavy atom. The number of anilines is 1. The molecule has 6 atom stereocenters. The second-order valence-electron chi connectivity index (χ2n) is 6.77. The molecule has 0 aliphatic carbocycles. The maximum atomic E-state index is 12.2. The lowest BCUT2D eigenvalue weighted by atomic mass is 10.0. The van der Waals surface area contributed by atoms with Gasteiger partial charge in [0.1, 0.15) is 36.8 Å². The van der Waals surface area contributed by atoms with Gasteiger partial charge in [-0.1, -0.05) is 20.3 Å². The van der Waals surface area contributed by atoms with Crippen LogP contribution < -0.4 is 16.7 Å². The largest absolute Gasteiger partial charge is 0.462 e. The van der Waals surface area contributed by atoms with Gasteiger partial charge in [0.15, 0.2) is 6.23 Å². The molecule has 1 saturated heterocycles. The van der Waals surface area contributed by atoms with E-state index < -0.39 is 48.1 Å². The number of ether oxygens (including phenoxy) is 2. The lowest BCUT2D eigenvalue weighted by Gasteiger charge is -2.19. The SMILES string of the molecule is CC[C@H](C)[C@H](N)C(=O)OC[C@H]1O[C@@H](n2ccc(NC(C)=O)nc2=O)[C@H](O)[C@@H]1O. The van der Waals surface area contributed by atoms with Crippen LogP contribution in [0.15, 0.2) is 17.1 Å². The first kappa shape index (κ1) is 22.0. The minimum absolute atomic E-state index is 0.0475. The molecule has 0 aromatic carbocycles. The van der Waals surface area contributed by atoms with Crippen molar-refractivity contribution in [3.63, 3.8) is 0 Å². The first-order chi connectivity index (χ1) is 13.1. The zero-order valence-electron chi connectivity index (χ0n) is 15.9. The van der Waals surface area contributed by atoms with Gasteiger partial charge in [-0.05, 0) is 12.0 Å². The van der Waals surface area contributed by atoms with E-state index in [1.807, 2.05) is 13.8 Å². The minimum Gasteiger partial charge on any atom is -0.462 e. The van der Waals surface area contributed by atoms with E-state index in [-0.39, 0.29) is 18.3 Å². The highest BCUT2D eigenvalue weighted by molar-refractivity contribution is 5.87. The van der Waals surface area contributed by atoms with Crippen molar-refractivity contribution in [1.82, 2.24) is 9.55 Å². The highest BCUT2D eigenvalue weighted by Crippen LogP contribution is 2.28. The molecule has 28 heavy (non-hydrogen) atoms. The predicted molar refractivity (Wildman–Crippen MR) is 97.1 cm³/mol. The fourth-order valence-electron chi connectivity index (χ4n) is 2.70. The van der Waals surface area contributed by atoms with Crippen molar-refractivity contribution in [2.24, 2.45) is 11.7 Å². The minimum atomic E-state index is -1.45. The fourth-order valence-corrected chi connectivity index (χ4v) is 2.70. The first-order valence-corrected chi connectivity index (χ1v) is 8.96. The smallest absolute Gasteiger partial charge is 0.351 e. The summed E-state index contributed by atoms with van der Waals surface area (Å²) >= 11 is 0. The Bertz CT molecular complexity index is 768. The zero-order valence-corrected chi connectivity index (χ0v) is 15.9. The Balaban J connectivity index is 2.05. The molecule has 1 fully saturated rings. The van der Waals surface area contributed by atoms with Crippen molar-refractivity contribution in [1.29, 1.82) is 0 Å². The van der Waals surface area contributed by atoms with Gasteiger partial charge in [0.05, 0.1) is 0 Å². The van der Waals surface area contributed by atoms with Gasteiger partial charge in [-0.15, -0.1) is 0 Å². The number of aromatic nitrogens is 2. The number of hydrogen-bond donors (Lipinski definition) is 4. The van der Waals surface area contributed by atoms with Crippen LogP contribution in [0.3, 0.4) is 0 Å². The Morgan fingerprint density at radius 3 is 2.68 bits per heavy atom. The topological polar surface area (TPSA) is 166 Å². The molecule has 1 aliphatic heterocycles. The number of amides is 1. The molecule has 11 heteroatoms. The van der Waals surface area contributed by atoms with Gasteiger partial charge in [0.25, 0.3) is 0 Å². The number of nitrogens with zero attached hydrogens (tertiary/aromatic N) is 2. The number of nitrogens with one attached hydrogen (secondary N) is 1. The third-order valence-electron chi connectivity index (χ3n) is 4.66. The molecule has 11 nitrogen and oxygen atoms in total. The number of hydrogen-bond acceptors (Lipinski definition) is 9. The van der Waals surface area contributed by atoms with Crippen LogP contribution >= 0.6 is 0 Å². The van der Waals surface area contributed by atoms with Crippen LogP contribution in [0.1, 0.15) is 33.4 Å². The number of rotatable bonds is 7. The summed E-state index contributed by atoms with van der Waals surface area (Å²) in [4.78, 5) is 38.8. The van der Waals surface area contributed by atoms with Crippen LogP contribution in [0.25, 0.3) is 0 Å². The second-order valence-corrected chi connectivity index (χ2v) is 6.77. The Morgan fingerprint density at radius 1 is 1.43 bits per heavy atom. The van der Waals surface area contributed by atoms with E-state index in [0.717, 1.165) is 4.57 Å². The summed E-state index contributed by atoms with van der Waals surface area (Å²) in [6.45, 7) is 4.65. The van der Waals surface area contributed by atoms with E-state index in [0.29, 0.717) is 6.42 Å². The Labute approximate surface area is 161 Å². The van der Waals surface area contributed by atoms with Crippen molar-refractivity contribution in [3.05, 3.63) is 22.7 Å². The number of aliphatic hydroxyl groups is 2. The van der Waals surface area contributed by atoms with Crippen LogP contribution in [0.2, 0.25) is 0 Å². The Kier molecular flexibility index (Phi) is 7.24. The van der Waals surface area contributed by atoms with Crippen molar-refractivity contribution in [2.75, 3.05) is 11.9 Å². The normalized spacial score (nSPS) is 26.5. The number of aliphatic hydroxyl groups excluding tert-OH is 2. The highest BCUT2D eigenvalue weighted by atomic mass is 16.6. The summed E-state index contributed by atoms with van der Waals surface area (Å²) in [7, 11) is 0. The number of nitrogens with two attached hydrogens (primary N) is 1. The summed E-state index contributed by atoms with van der Waals surface area (Å²) in [5.41, 5.74) is 5.00. The van der Waals surface area contributed by atoms with E-state index in [4.69, 9.17) is 15.2 Å². The maximum absolute atomic E-state index is 12.2. The van der Waals surface area contributed by atoms with Crippen molar-refractivity contribution >= 4 is 17.7 Å². The molecule has 2 rings (SSSR count). The molecule has 1 amide bonds. The predicted octanol–water partition coefficient (Wildman–Crippen LogP) is -1.26. The van der Waals surface area contributed by atoms with Gasteiger partial charge in [0, 0.05) is 13.1 Å². The molecule has 0 bridgehead atoms. The number of carbonyl (C=O) groups is 2. The molecule has 1 aliphatic rings. The lowest BCUT2D eigenvalue weighted by Crippen LogP contribution is -2.41. The fraction of sp³-hybridized carbons (Fsp3) is 0.647. The molecule has 0 radical (unpaired) electrons. The summed E-state index contributed by atoms with van der Waals surface area (Å²) in [6.07, 6.45) is -3.14. The summed E-state index contributed by atoms with van der Waals surface area (Å²) in [5.74, 6) is -1.06. The van der Waals surface area contributed by atoms with Gasteiger partial charge in [-0.2, -0.15) is 4.98 Å². The zero-order chi connectivity index (χ0) is 21.0. The van der Waals surface area contributed by atoms with Gasteiger partial charge in [-0.3, -0.25) is 14.2 Å². The van der Waals surface area contributed by atoms with Gasteiger partial charge < -0.3 is 30.7 Å². The van der Waals surface area contributed by atoms with Gasteiger partial charge in [-0.25, -0.2) is 4.79 Å². The molecule has 0 saturated carbocycles. The van der Waals surface area contributed by atoms with Crippen LogP contribution in [0, 0.1) is 5.92 Å². The monoisotopic (exact) mass is 398 g/mol. The quantitative estimate of drug-likeness (QED) is 0.410. The Hall–Kier alpha value is -2.34. The van der Waals surface area contributed by atoms with Crippen LogP contribution in [-0.4, -0.2) is 62.6 Å². The molecular weight excluding hydrogens is 372 g/mol. The number of esters is 1. The maximum Gasteiger partial charge on any atom is 0.351 e. The van der Waals surface area contributed by atoms with Gasteiger partial charge >= 0.3 is 11.7 Å². The molecule has 0 unspecified atom stereocenters. The molecule has 156 valence electrons. The molecule has 2 heterocycles. The van der Waals surface area contributed by atoms with E-state index in [9.17, 15) is 24.6 Å².